The van der Waals surface area contributed by atoms with Gasteiger partial charge in [0.15, 0.2) is 0 Å². The molecule has 0 unspecified atom stereocenters. The van der Waals surface area contributed by atoms with Crippen LogP contribution in [-0.4, -0.2) is 56.7 Å². The van der Waals surface area contributed by atoms with Gasteiger partial charge in [-0.25, -0.2) is 22.3 Å². The van der Waals surface area contributed by atoms with Crippen LogP contribution in [0.15, 0.2) is 24.3 Å². The molecular formula is C16H23N3O5S. The SMILES string of the molecule is CCS(=O)(=O)N1CCC(NC(=O)Nc2ccccc2C(=O)OC)CC1. The lowest BCUT2D eigenvalue weighted by Gasteiger charge is -2.31. The number of sulfonamides is 1. The number of amides is 2. The minimum Gasteiger partial charge on any atom is -0.465 e. The summed E-state index contributed by atoms with van der Waals surface area (Å²) in [5.41, 5.74) is 0.627. The number of para-hydroxylation sites is 1. The van der Waals surface area contributed by atoms with Gasteiger partial charge in [0.05, 0.1) is 24.1 Å². The number of rotatable bonds is 5. The number of piperidine rings is 1. The Balaban J connectivity index is 1.91. The fourth-order valence-electron chi connectivity index (χ4n) is 2.68. The van der Waals surface area contributed by atoms with Crippen LogP contribution in [0.5, 0.6) is 0 Å². The molecule has 0 saturated carbocycles. The van der Waals surface area contributed by atoms with E-state index in [1.165, 1.54) is 11.4 Å². The lowest BCUT2D eigenvalue weighted by Crippen LogP contribution is -2.47. The molecule has 138 valence electrons. The minimum absolute atomic E-state index is 0.0793. The summed E-state index contributed by atoms with van der Waals surface area (Å²) in [5, 5.41) is 5.46. The van der Waals surface area contributed by atoms with Gasteiger partial charge in [0.25, 0.3) is 0 Å². The molecule has 1 heterocycles. The van der Waals surface area contributed by atoms with Crippen LogP contribution >= 0.6 is 0 Å². The minimum atomic E-state index is -3.19. The first-order valence-electron chi connectivity index (χ1n) is 8.10. The van der Waals surface area contributed by atoms with Crippen LogP contribution in [0.1, 0.15) is 30.1 Å². The molecule has 25 heavy (non-hydrogen) atoms. The van der Waals surface area contributed by atoms with Crippen molar-refractivity contribution in [3.63, 3.8) is 0 Å². The summed E-state index contributed by atoms with van der Waals surface area (Å²) in [6.45, 7) is 2.39. The van der Waals surface area contributed by atoms with E-state index in [0.717, 1.165) is 0 Å². The quantitative estimate of drug-likeness (QED) is 0.764. The Morgan fingerprint density at radius 3 is 2.48 bits per heavy atom. The van der Waals surface area contributed by atoms with Crippen LogP contribution in [0.3, 0.4) is 0 Å². The van der Waals surface area contributed by atoms with Crippen molar-refractivity contribution < 1.29 is 22.7 Å². The molecule has 1 saturated heterocycles. The van der Waals surface area contributed by atoms with E-state index < -0.39 is 22.0 Å². The number of anilines is 1. The molecule has 0 atom stereocenters. The number of hydrogen-bond acceptors (Lipinski definition) is 5. The second kappa shape index (κ2) is 8.30. The molecule has 0 radical (unpaired) electrons. The molecule has 9 heteroatoms. The fourth-order valence-corrected chi connectivity index (χ4v) is 3.82. The number of esters is 1. The van der Waals surface area contributed by atoms with Crippen molar-refractivity contribution in [2.24, 2.45) is 0 Å². The van der Waals surface area contributed by atoms with E-state index in [0.29, 0.717) is 31.6 Å². The Labute approximate surface area is 147 Å². The third-order valence-corrected chi connectivity index (χ3v) is 6.01. The lowest BCUT2D eigenvalue weighted by molar-refractivity contribution is 0.0602. The van der Waals surface area contributed by atoms with Crippen molar-refractivity contribution in [3.05, 3.63) is 29.8 Å². The van der Waals surface area contributed by atoms with Crippen molar-refractivity contribution in [1.29, 1.82) is 0 Å². The molecular weight excluding hydrogens is 346 g/mol. The summed E-state index contributed by atoms with van der Waals surface area (Å²) in [5.74, 6) is -0.454. The second-order valence-electron chi connectivity index (χ2n) is 5.71. The van der Waals surface area contributed by atoms with Crippen LogP contribution in [0.2, 0.25) is 0 Å². The third-order valence-electron chi connectivity index (χ3n) is 4.13. The maximum Gasteiger partial charge on any atom is 0.339 e. The number of nitrogens with zero attached hydrogens (tertiary/aromatic N) is 1. The average molecular weight is 369 g/mol. The molecule has 0 bridgehead atoms. The van der Waals surface area contributed by atoms with E-state index in [9.17, 15) is 18.0 Å². The molecule has 2 N–H and O–H groups in total. The van der Waals surface area contributed by atoms with E-state index in [2.05, 4.69) is 15.4 Å². The number of hydrogen-bond donors (Lipinski definition) is 2. The highest BCUT2D eigenvalue weighted by Crippen LogP contribution is 2.17. The number of benzene rings is 1. The van der Waals surface area contributed by atoms with Crippen LogP contribution < -0.4 is 10.6 Å². The monoisotopic (exact) mass is 369 g/mol. The zero-order chi connectivity index (χ0) is 18.4. The number of ether oxygens (including phenoxy) is 1. The Hall–Kier alpha value is -2.13. The Morgan fingerprint density at radius 2 is 1.88 bits per heavy atom. The van der Waals surface area contributed by atoms with Gasteiger partial charge in [0, 0.05) is 19.1 Å². The molecule has 1 aromatic carbocycles. The first-order chi connectivity index (χ1) is 11.9. The van der Waals surface area contributed by atoms with E-state index in [4.69, 9.17) is 0 Å². The molecule has 2 rings (SSSR count). The Morgan fingerprint density at radius 1 is 1.24 bits per heavy atom. The first-order valence-corrected chi connectivity index (χ1v) is 9.71. The van der Waals surface area contributed by atoms with Gasteiger partial charge in [0.2, 0.25) is 10.0 Å². The van der Waals surface area contributed by atoms with E-state index in [1.807, 2.05) is 0 Å². The maximum atomic E-state index is 12.2. The predicted molar refractivity (Wildman–Crippen MR) is 94.0 cm³/mol. The predicted octanol–water partition coefficient (Wildman–Crippen LogP) is 1.41. The van der Waals surface area contributed by atoms with Gasteiger partial charge >= 0.3 is 12.0 Å². The fraction of sp³-hybridized carbons (Fsp3) is 0.500. The number of carbonyl (C=O) groups excluding carboxylic acids is 2. The van der Waals surface area contributed by atoms with E-state index in [-0.39, 0.29) is 17.4 Å². The maximum absolute atomic E-state index is 12.2. The van der Waals surface area contributed by atoms with Crippen molar-refractivity contribution in [3.8, 4) is 0 Å². The standard InChI is InChI=1S/C16H23N3O5S/c1-3-25(22,23)19-10-8-12(9-11-19)17-16(21)18-14-7-5-4-6-13(14)15(20)24-2/h4-7,12H,3,8-11H2,1-2H3,(H2,17,18,21). The number of urea groups is 1. The highest BCUT2D eigenvalue weighted by molar-refractivity contribution is 7.89. The molecule has 1 aliphatic rings. The van der Waals surface area contributed by atoms with Gasteiger partial charge in [-0.2, -0.15) is 0 Å². The molecule has 2 amide bonds. The zero-order valence-corrected chi connectivity index (χ0v) is 15.1. The van der Waals surface area contributed by atoms with E-state index >= 15 is 0 Å². The summed E-state index contributed by atoms with van der Waals surface area (Å²) in [7, 11) is -1.91. The largest absolute Gasteiger partial charge is 0.465 e. The summed E-state index contributed by atoms with van der Waals surface area (Å²) < 4.78 is 29.8. The normalized spacial score (nSPS) is 16.2. The molecule has 8 nitrogen and oxygen atoms in total. The zero-order valence-electron chi connectivity index (χ0n) is 14.3. The van der Waals surface area contributed by atoms with Crippen molar-refractivity contribution >= 4 is 27.7 Å². The van der Waals surface area contributed by atoms with Crippen molar-refractivity contribution in [2.75, 3.05) is 31.3 Å². The lowest BCUT2D eigenvalue weighted by atomic mass is 10.1. The summed E-state index contributed by atoms with van der Waals surface area (Å²) in [4.78, 5) is 23.9. The third kappa shape index (κ3) is 4.93. The Bertz CT molecular complexity index is 727. The first kappa shape index (κ1) is 19.2. The summed E-state index contributed by atoms with van der Waals surface area (Å²) in [6, 6.07) is 6.01. The van der Waals surface area contributed by atoms with Crippen molar-refractivity contribution in [1.82, 2.24) is 9.62 Å². The average Bonchev–Trinajstić information content (AvgIpc) is 2.62. The van der Waals surface area contributed by atoms with Crippen LogP contribution in [-0.2, 0) is 14.8 Å². The summed E-state index contributed by atoms with van der Waals surface area (Å²) >= 11 is 0. The van der Waals surface area contributed by atoms with Crippen LogP contribution in [0, 0.1) is 0 Å². The topological polar surface area (TPSA) is 105 Å². The van der Waals surface area contributed by atoms with Gasteiger partial charge in [-0.05, 0) is 31.9 Å². The van der Waals surface area contributed by atoms with Crippen LogP contribution in [0.4, 0.5) is 10.5 Å². The van der Waals surface area contributed by atoms with Gasteiger partial charge in [0.1, 0.15) is 0 Å². The van der Waals surface area contributed by atoms with E-state index in [1.54, 1.807) is 31.2 Å². The van der Waals surface area contributed by atoms with Crippen molar-refractivity contribution in [2.45, 2.75) is 25.8 Å². The van der Waals surface area contributed by atoms with Crippen LogP contribution in [0.25, 0.3) is 0 Å². The van der Waals surface area contributed by atoms with Gasteiger partial charge in [-0.1, -0.05) is 12.1 Å². The number of carbonyl (C=O) groups is 2. The number of methoxy groups -OCH3 is 1. The smallest absolute Gasteiger partial charge is 0.339 e. The molecule has 0 aromatic heterocycles. The Kier molecular flexibility index (Phi) is 6.38. The molecule has 0 spiro atoms. The molecule has 0 aliphatic carbocycles. The highest BCUT2D eigenvalue weighted by atomic mass is 32.2. The molecule has 1 fully saturated rings. The molecule has 1 aliphatic heterocycles. The van der Waals surface area contributed by atoms with Gasteiger partial charge < -0.3 is 15.4 Å². The number of nitrogens with one attached hydrogen (secondary N) is 2. The second-order valence-corrected chi connectivity index (χ2v) is 7.97. The highest BCUT2D eigenvalue weighted by Gasteiger charge is 2.27. The molecule has 1 aromatic rings. The van der Waals surface area contributed by atoms with Gasteiger partial charge in [-0.3, -0.25) is 0 Å². The van der Waals surface area contributed by atoms with Gasteiger partial charge in [-0.15, -0.1) is 0 Å². The summed E-state index contributed by atoms with van der Waals surface area (Å²) in [6.07, 6.45) is 1.09.